The molecule has 92 valence electrons. The average Bonchev–Trinajstić information content (AvgIpc) is 2.20. The lowest BCUT2D eigenvalue weighted by Crippen LogP contribution is -2.38. The van der Waals surface area contributed by atoms with Crippen LogP contribution >= 0.6 is 0 Å². The standard InChI is InChI=1S/C12H22N2O2/c1-2-3-11(15)9-14-6-4-10(5-7-14)8-12(13)16/h10H,2-9H2,1H3,(H2,13,16). The van der Waals surface area contributed by atoms with Gasteiger partial charge in [-0.1, -0.05) is 6.92 Å². The van der Waals surface area contributed by atoms with Gasteiger partial charge in [-0.3, -0.25) is 14.5 Å². The van der Waals surface area contributed by atoms with Crippen LogP contribution in [0.4, 0.5) is 0 Å². The number of primary amides is 1. The molecule has 4 nitrogen and oxygen atoms in total. The summed E-state index contributed by atoms with van der Waals surface area (Å²) in [5.41, 5.74) is 5.17. The Hall–Kier alpha value is -0.900. The summed E-state index contributed by atoms with van der Waals surface area (Å²) >= 11 is 0. The summed E-state index contributed by atoms with van der Waals surface area (Å²) in [7, 11) is 0. The quantitative estimate of drug-likeness (QED) is 0.733. The second-order valence-corrected chi connectivity index (χ2v) is 4.68. The van der Waals surface area contributed by atoms with Crippen molar-refractivity contribution in [3.05, 3.63) is 0 Å². The number of carbonyl (C=O) groups excluding carboxylic acids is 2. The largest absolute Gasteiger partial charge is 0.370 e. The summed E-state index contributed by atoms with van der Waals surface area (Å²) in [6, 6.07) is 0. The summed E-state index contributed by atoms with van der Waals surface area (Å²) in [6.45, 7) is 4.45. The van der Waals surface area contributed by atoms with Crippen LogP contribution in [0.3, 0.4) is 0 Å². The van der Waals surface area contributed by atoms with E-state index in [1.165, 1.54) is 0 Å². The smallest absolute Gasteiger partial charge is 0.217 e. The number of piperidine rings is 1. The molecule has 1 amide bonds. The van der Waals surface area contributed by atoms with Crippen molar-refractivity contribution in [2.45, 2.75) is 39.0 Å². The number of rotatable bonds is 6. The molecule has 1 rings (SSSR count). The molecule has 0 atom stereocenters. The number of hydrogen-bond donors (Lipinski definition) is 1. The Morgan fingerprint density at radius 3 is 2.44 bits per heavy atom. The Morgan fingerprint density at radius 1 is 1.31 bits per heavy atom. The Morgan fingerprint density at radius 2 is 1.94 bits per heavy atom. The molecule has 0 saturated carbocycles. The fourth-order valence-electron chi connectivity index (χ4n) is 2.24. The maximum atomic E-state index is 11.5. The van der Waals surface area contributed by atoms with Gasteiger partial charge >= 0.3 is 0 Å². The van der Waals surface area contributed by atoms with Crippen LogP contribution in [0.15, 0.2) is 0 Å². The molecule has 0 aromatic heterocycles. The zero-order chi connectivity index (χ0) is 12.0. The third-order valence-corrected chi connectivity index (χ3v) is 3.13. The lowest BCUT2D eigenvalue weighted by atomic mass is 9.93. The van der Waals surface area contributed by atoms with E-state index in [2.05, 4.69) is 4.90 Å². The number of carbonyl (C=O) groups is 2. The van der Waals surface area contributed by atoms with Gasteiger partial charge in [0.15, 0.2) is 0 Å². The molecular formula is C12H22N2O2. The molecule has 1 fully saturated rings. The highest BCUT2D eigenvalue weighted by Crippen LogP contribution is 2.19. The van der Waals surface area contributed by atoms with Gasteiger partial charge in [-0.15, -0.1) is 0 Å². The molecule has 4 heteroatoms. The minimum absolute atomic E-state index is 0.208. The van der Waals surface area contributed by atoms with Gasteiger partial charge in [0.25, 0.3) is 0 Å². The van der Waals surface area contributed by atoms with Crippen LogP contribution in [0.5, 0.6) is 0 Å². The number of amides is 1. The molecule has 1 saturated heterocycles. The van der Waals surface area contributed by atoms with Gasteiger partial charge in [0, 0.05) is 12.8 Å². The molecule has 1 aliphatic heterocycles. The first-order chi connectivity index (χ1) is 7.61. The van der Waals surface area contributed by atoms with E-state index in [0.29, 0.717) is 31.1 Å². The van der Waals surface area contributed by atoms with E-state index >= 15 is 0 Å². The number of Topliss-reactive ketones (excluding diaryl/α,β-unsaturated/α-hetero) is 1. The minimum Gasteiger partial charge on any atom is -0.370 e. The summed E-state index contributed by atoms with van der Waals surface area (Å²) in [5.74, 6) is 0.548. The third-order valence-electron chi connectivity index (χ3n) is 3.13. The second kappa shape index (κ2) is 6.63. The van der Waals surface area contributed by atoms with Gasteiger partial charge in [-0.05, 0) is 38.3 Å². The van der Waals surface area contributed by atoms with E-state index < -0.39 is 0 Å². The van der Waals surface area contributed by atoms with Crippen LogP contribution in [0.1, 0.15) is 39.0 Å². The van der Waals surface area contributed by atoms with Gasteiger partial charge in [-0.2, -0.15) is 0 Å². The van der Waals surface area contributed by atoms with Gasteiger partial charge in [-0.25, -0.2) is 0 Å². The number of nitrogens with zero attached hydrogens (tertiary/aromatic N) is 1. The number of ketones is 1. The first-order valence-corrected chi connectivity index (χ1v) is 6.14. The maximum Gasteiger partial charge on any atom is 0.217 e. The summed E-state index contributed by atoms with van der Waals surface area (Å²) in [4.78, 5) is 24.4. The van der Waals surface area contributed by atoms with Crippen molar-refractivity contribution in [3.63, 3.8) is 0 Å². The van der Waals surface area contributed by atoms with E-state index in [4.69, 9.17) is 5.73 Å². The van der Waals surface area contributed by atoms with Crippen LogP contribution in [0.2, 0.25) is 0 Å². The first-order valence-electron chi connectivity index (χ1n) is 6.14. The molecule has 0 aromatic rings. The third kappa shape index (κ3) is 4.75. The van der Waals surface area contributed by atoms with Crippen molar-refractivity contribution >= 4 is 11.7 Å². The van der Waals surface area contributed by atoms with Crippen LogP contribution < -0.4 is 5.73 Å². The normalized spacial score (nSPS) is 18.6. The Balaban J connectivity index is 2.21. The van der Waals surface area contributed by atoms with E-state index in [9.17, 15) is 9.59 Å². The van der Waals surface area contributed by atoms with Gasteiger partial charge in [0.1, 0.15) is 5.78 Å². The highest BCUT2D eigenvalue weighted by Gasteiger charge is 2.21. The highest BCUT2D eigenvalue weighted by molar-refractivity contribution is 5.80. The molecule has 0 aromatic carbocycles. The molecule has 16 heavy (non-hydrogen) atoms. The van der Waals surface area contributed by atoms with E-state index in [1.54, 1.807) is 0 Å². The zero-order valence-electron chi connectivity index (χ0n) is 10.1. The Labute approximate surface area is 97.2 Å². The van der Waals surface area contributed by atoms with Crippen LogP contribution in [-0.4, -0.2) is 36.2 Å². The number of hydrogen-bond acceptors (Lipinski definition) is 3. The van der Waals surface area contributed by atoms with Crippen molar-refractivity contribution in [1.82, 2.24) is 4.90 Å². The van der Waals surface area contributed by atoms with Crippen LogP contribution in [0, 0.1) is 5.92 Å². The summed E-state index contributed by atoms with van der Waals surface area (Å²) in [5, 5.41) is 0. The topological polar surface area (TPSA) is 63.4 Å². The van der Waals surface area contributed by atoms with Crippen molar-refractivity contribution in [2.75, 3.05) is 19.6 Å². The van der Waals surface area contributed by atoms with Crippen molar-refractivity contribution in [3.8, 4) is 0 Å². The Kier molecular flexibility index (Phi) is 5.46. The van der Waals surface area contributed by atoms with Crippen molar-refractivity contribution in [2.24, 2.45) is 11.7 Å². The molecule has 0 unspecified atom stereocenters. The first kappa shape index (κ1) is 13.2. The van der Waals surface area contributed by atoms with E-state index in [1.807, 2.05) is 6.92 Å². The molecule has 0 bridgehead atoms. The second-order valence-electron chi connectivity index (χ2n) is 4.68. The van der Waals surface area contributed by atoms with Gasteiger partial charge in [0.2, 0.25) is 5.91 Å². The Bertz CT molecular complexity index is 245. The SMILES string of the molecule is CCCC(=O)CN1CCC(CC(N)=O)CC1. The predicted molar refractivity (Wildman–Crippen MR) is 62.9 cm³/mol. The fourth-order valence-corrected chi connectivity index (χ4v) is 2.24. The molecule has 2 N–H and O–H groups in total. The lowest BCUT2D eigenvalue weighted by molar-refractivity contribution is -0.122. The molecule has 1 aliphatic rings. The monoisotopic (exact) mass is 226 g/mol. The molecule has 1 heterocycles. The highest BCUT2D eigenvalue weighted by atomic mass is 16.1. The van der Waals surface area contributed by atoms with Crippen molar-refractivity contribution < 1.29 is 9.59 Å². The summed E-state index contributed by atoms with van der Waals surface area (Å²) in [6.07, 6.45) is 4.08. The van der Waals surface area contributed by atoms with Crippen LogP contribution in [-0.2, 0) is 9.59 Å². The van der Waals surface area contributed by atoms with Gasteiger partial charge < -0.3 is 5.73 Å². The molecular weight excluding hydrogens is 204 g/mol. The van der Waals surface area contributed by atoms with Crippen LogP contribution in [0.25, 0.3) is 0 Å². The summed E-state index contributed by atoms with van der Waals surface area (Å²) < 4.78 is 0. The average molecular weight is 226 g/mol. The van der Waals surface area contributed by atoms with Crippen molar-refractivity contribution in [1.29, 1.82) is 0 Å². The maximum absolute atomic E-state index is 11.5. The molecule has 0 aliphatic carbocycles. The lowest BCUT2D eigenvalue weighted by Gasteiger charge is -2.30. The van der Waals surface area contributed by atoms with Gasteiger partial charge in [0.05, 0.1) is 6.54 Å². The molecule has 0 radical (unpaired) electrons. The zero-order valence-corrected chi connectivity index (χ0v) is 10.1. The van der Waals surface area contributed by atoms with E-state index in [-0.39, 0.29) is 5.91 Å². The van der Waals surface area contributed by atoms with E-state index in [0.717, 1.165) is 32.4 Å². The fraction of sp³-hybridized carbons (Fsp3) is 0.833. The predicted octanol–water partition coefficient (Wildman–Crippen LogP) is 0.943. The minimum atomic E-state index is -0.208. The molecule has 0 spiro atoms. The number of nitrogens with two attached hydrogens (primary N) is 1. The number of likely N-dealkylation sites (tertiary alicyclic amines) is 1.